The highest BCUT2D eigenvalue weighted by atomic mass is 35.5. The van der Waals surface area contributed by atoms with E-state index in [-0.39, 0.29) is 51.6 Å². The molecule has 1 aliphatic heterocycles. The normalized spacial score (nSPS) is 30.2. The number of benzene rings is 2. The van der Waals surface area contributed by atoms with E-state index in [0.717, 1.165) is 6.42 Å². The van der Waals surface area contributed by atoms with Crippen LogP contribution in [-0.2, 0) is 14.3 Å². The van der Waals surface area contributed by atoms with Crippen LogP contribution in [0.2, 0.25) is 10.0 Å². The Kier molecular flexibility index (Phi) is 4.94. The van der Waals surface area contributed by atoms with E-state index in [1.807, 2.05) is 0 Å². The largest absolute Gasteiger partial charge is 0.454 e. The van der Waals surface area contributed by atoms with Crippen molar-refractivity contribution in [3.05, 3.63) is 75.8 Å². The van der Waals surface area contributed by atoms with E-state index in [4.69, 9.17) is 27.9 Å². The first-order valence-corrected chi connectivity index (χ1v) is 11.9. The van der Waals surface area contributed by atoms with Crippen molar-refractivity contribution >= 4 is 52.5 Å². The number of ketones is 1. The maximum Gasteiger partial charge on any atom is 0.338 e. The predicted octanol–water partition coefficient (Wildman–Crippen LogP) is 4.59. The average Bonchev–Trinajstić information content (AvgIpc) is 3.61. The van der Waals surface area contributed by atoms with Gasteiger partial charge in [-0.15, -0.1) is 0 Å². The number of ether oxygens (including phenoxy) is 1. The summed E-state index contributed by atoms with van der Waals surface area (Å²) >= 11 is 11.9. The first-order chi connectivity index (χ1) is 16.3. The molecule has 0 unspecified atom stereocenters. The third kappa shape index (κ3) is 3.23. The molecule has 4 aliphatic carbocycles. The molecule has 0 aromatic heterocycles. The molecule has 34 heavy (non-hydrogen) atoms. The van der Waals surface area contributed by atoms with Crippen molar-refractivity contribution in [2.45, 2.75) is 6.42 Å². The molecule has 1 saturated heterocycles. The van der Waals surface area contributed by atoms with E-state index in [1.165, 1.54) is 35.2 Å². The van der Waals surface area contributed by atoms with Gasteiger partial charge < -0.3 is 4.74 Å². The van der Waals surface area contributed by atoms with Crippen LogP contribution in [0.25, 0.3) is 0 Å². The molecule has 0 radical (unpaired) electrons. The summed E-state index contributed by atoms with van der Waals surface area (Å²) in [5.74, 6) is -0.621. The molecule has 2 aromatic rings. The van der Waals surface area contributed by atoms with Crippen LogP contribution >= 0.6 is 23.2 Å². The zero-order valence-electron chi connectivity index (χ0n) is 17.8. The third-order valence-corrected chi connectivity index (χ3v) is 8.14. The minimum atomic E-state index is -0.694. The summed E-state index contributed by atoms with van der Waals surface area (Å²) in [7, 11) is 0. The molecule has 6 atom stereocenters. The van der Waals surface area contributed by atoms with Gasteiger partial charge in [0.1, 0.15) is 0 Å². The highest BCUT2D eigenvalue weighted by Gasteiger charge is 2.67. The van der Waals surface area contributed by atoms with Gasteiger partial charge in [0, 0.05) is 10.6 Å². The lowest BCUT2D eigenvalue weighted by molar-refractivity contribution is -0.124. The molecule has 2 saturated carbocycles. The van der Waals surface area contributed by atoms with Crippen molar-refractivity contribution in [1.82, 2.24) is 0 Å². The van der Waals surface area contributed by atoms with E-state index in [2.05, 4.69) is 12.2 Å². The Labute approximate surface area is 205 Å². The Bertz CT molecular complexity index is 1250. The number of hydrogen-bond donors (Lipinski definition) is 0. The quantitative estimate of drug-likeness (QED) is 0.262. The number of Topliss-reactive ketones (excluding diaryl/α,β-unsaturated/α-hetero) is 1. The third-order valence-electron chi connectivity index (χ3n) is 7.59. The minimum Gasteiger partial charge on any atom is -0.454 e. The number of carbonyl (C=O) groups is 4. The van der Waals surface area contributed by atoms with Crippen LogP contribution < -0.4 is 4.90 Å². The van der Waals surface area contributed by atoms with Gasteiger partial charge in [0.25, 0.3) is 0 Å². The summed E-state index contributed by atoms with van der Waals surface area (Å²) in [6, 6.07) is 10.6. The van der Waals surface area contributed by atoms with Gasteiger partial charge in [-0.05, 0) is 72.6 Å². The molecular formula is C26H19Cl2NO5. The fraction of sp³-hybridized carbons (Fsp3) is 0.308. The lowest BCUT2D eigenvalue weighted by atomic mass is 9.63. The van der Waals surface area contributed by atoms with Crippen LogP contribution in [0.5, 0.6) is 0 Å². The molecule has 2 bridgehead atoms. The van der Waals surface area contributed by atoms with Crippen molar-refractivity contribution in [3.8, 4) is 0 Å². The Balaban J connectivity index is 1.14. The van der Waals surface area contributed by atoms with E-state index in [1.54, 1.807) is 12.1 Å². The van der Waals surface area contributed by atoms with Crippen molar-refractivity contribution in [2.75, 3.05) is 11.5 Å². The number of rotatable bonds is 5. The molecular weight excluding hydrogens is 477 g/mol. The summed E-state index contributed by atoms with van der Waals surface area (Å²) < 4.78 is 5.13. The second kappa shape index (κ2) is 7.79. The molecule has 7 rings (SSSR count). The van der Waals surface area contributed by atoms with Crippen LogP contribution in [-0.4, -0.2) is 30.2 Å². The summed E-state index contributed by atoms with van der Waals surface area (Å²) in [4.78, 5) is 52.5. The summed E-state index contributed by atoms with van der Waals surface area (Å²) in [5.41, 5.74) is 0.860. The maximum absolute atomic E-state index is 13.2. The number of imide groups is 1. The first-order valence-electron chi connectivity index (χ1n) is 11.2. The van der Waals surface area contributed by atoms with Crippen LogP contribution in [0.4, 0.5) is 5.69 Å². The van der Waals surface area contributed by atoms with Crippen LogP contribution in [0.1, 0.15) is 27.1 Å². The lowest BCUT2D eigenvalue weighted by Crippen LogP contribution is -2.40. The first kappa shape index (κ1) is 21.6. The smallest absolute Gasteiger partial charge is 0.338 e. The molecule has 5 aliphatic rings. The second-order valence-electron chi connectivity index (χ2n) is 9.34. The number of esters is 1. The molecule has 6 nitrogen and oxygen atoms in total. The number of halogens is 2. The zero-order valence-corrected chi connectivity index (χ0v) is 19.3. The van der Waals surface area contributed by atoms with E-state index < -0.39 is 18.4 Å². The number of anilines is 1. The Morgan fingerprint density at radius 3 is 2.12 bits per heavy atom. The maximum atomic E-state index is 13.2. The predicted molar refractivity (Wildman–Crippen MR) is 125 cm³/mol. The van der Waals surface area contributed by atoms with Crippen molar-refractivity contribution in [2.24, 2.45) is 35.5 Å². The zero-order chi connectivity index (χ0) is 23.7. The van der Waals surface area contributed by atoms with Gasteiger partial charge in [0.05, 0.1) is 28.1 Å². The van der Waals surface area contributed by atoms with Crippen LogP contribution in [0.15, 0.2) is 54.6 Å². The molecule has 3 fully saturated rings. The summed E-state index contributed by atoms with van der Waals surface area (Å²) in [5, 5.41) is 0.577. The fourth-order valence-corrected chi connectivity index (χ4v) is 6.48. The number of carbonyl (C=O) groups excluding carboxylic acids is 4. The molecule has 8 heteroatoms. The number of amides is 2. The molecule has 2 aromatic carbocycles. The highest BCUT2D eigenvalue weighted by molar-refractivity contribution is 6.36. The van der Waals surface area contributed by atoms with E-state index in [9.17, 15) is 19.2 Å². The minimum absolute atomic E-state index is 0.152. The fourth-order valence-electron chi connectivity index (χ4n) is 5.97. The molecule has 172 valence electrons. The second-order valence-corrected chi connectivity index (χ2v) is 10.2. The van der Waals surface area contributed by atoms with Gasteiger partial charge in [0.15, 0.2) is 6.61 Å². The van der Waals surface area contributed by atoms with Gasteiger partial charge >= 0.3 is 5.97 Å². The number of allylic oxidation sites excluding steroid dienone is 2. The van der Waals surface area contributed by atoms with Crippen molar-refractivity contribution < 1.29 is 23.9 Å². The van der Waals surface area contributed by atoms with E-state index in [0.29, 0.717) is 22.5 Å². The standard InChI is InChI=1S/C26H19Cl2NO5/c27-13-3-6-17(20(28)9-13)21(30)11-34-26(33)12-1-4-14(5-2-12)29-24(31)22-15-7-8-16(19-10-18(15)19)23(22)25(29)32/h1-9,15-16,18-19,22-23H,10-11H2/t15-,16-,18-,19-,22-,23+/m0/s1. The van der Waals surface area contributed by atoms with Gasteiger partial charge in [0.2, 0.25) is 17.6 Å². The lowest BCUT2D eigenvalue weighted by Gasteiger charge is -2.37. The molecule has 2 amide bonds. The van der Waals surface area contributed by atoms with Crippen LogP contribution in [0, 0.1) is 35.5 Å². The molecule has 0 spiro atoms. The van der Waals surface area contributed by atoms with Crippen molar-refractivity contribution in [1.29, 1.82) is 0 Å². The van der Waals surface area contributed by atoms with Crippen LogP contribution in [0.3, 0.4) is 0 Å². The number of nitrogens with zero attached hydrogens (tertiary/aromatic N) is 1. The highest BCUT2D eigenvalue weighted by Crippen LogP contribution is 2.65. The van der Waals surface area contributed by atoms with Gasteiger partial charge in [-0.3, -0.25) is 19.3 Å². The van der Waals surface area contributed by atoms with Gasteiger partial charge in [-0.25, -0.2) is 4.79 Å². The van der Waals surface area contributed by atoms with Gasteiger partial charge in [-0.1, -0.05) is 35.4 Å². The number of hydrogen-bond acceptors (Lipinski definition) is 5. The van der Waals surface area contributed by atoms with Gasteiger partial charge in [-0.2, -0.15) is 0 Å². The average molecular weight is 496 g/mol. The van der Waals surface area contributed by atoms with E-state index >= 15 is 0 Å². The summed E-state index contributed by atoms with van der Waals surface area (Å²) in [6.07, 6.45) is 5.37. The Hall–Kier alpha value is -2.96. The Morgan fingerprint density at radius 2 is 1.53 bits per heavy atom. The SMILES string of the molecule is O=C(OCC(=O)c1ccc(Cl)cc1Cl)c1ccc(N2C(=O)[C@@H]3[C@H]4C=C[C@@H]([C@@H]5C[C@@H]45)[C@@H]3C2=O)cc1. The monoisotopic (exact) mass is 495 g/mol. The molecule has 1 heterocycles. The summed E-state index contributed by atoms with van der Waals surface area (Å²) in [6.45, 7) is -0.480. The van der Waals surface area contributed by atoms with Crippen molar-refractivity contribution in [3.63, 3.8) is 0 Å². The molecule has 0 N–H and O–H groups in total. The Morgan fingerprint density at radius 1 is 0.912 bits per heavy atom. The topological polar surface area (TPSA) is 80.8 Å².